The van der Waals surface area contributed by atoms with Gasteiger partial charge in [0.05, 0.1) is 51.3 Å². The molecule has 1 aromatic rings. The van der Waals surface area contributed by atoms with Crippen molar-refractivity contribution in [2.24, 2.45) is 23.7 Å². The minimum Gasteiger partial charge on any atom is -0.493 e. The van der Waals surface area contributed by atoms with Gasteiger partial charge in [0.1, 0.15) is 6.79 Å². The summed E-state index contributed by atoms with van der Waals surface area (Å²) in [4.78, 5) is 0. The molecule has 0 amide bonds. The molecule has 0 aliphatic carbocycles. The first-order chi connectivity index (χ1) is 23.6. The second-order valence-corrected chi connectivity index (χ2v) is 20.6. The zero-order valence-corrected chi connectivity index (χ0v) is 34.9. The molecule has 0 saturated carbocycles. The molecule has 2 rings (SSSR count). The summed E-state index contributed by atoms with van der Waals surface area (Å²) in [6.07, 6.45) is 5.92. The molecule has 1 aliphatic rings. The van der Waals surface area contributed by atoms with Crippen molar-refractivity contribution in [2.45, 2.75) is 142 Å². The highest BCUT2D eigenvalue weighted by Gasteiger charge is 2.43. The van der Waals surface area contributed by atoms with Crippen molar-refractivity contribution in [2.75, 3.05) is 42.3 Å². The van der Waals surface area contributed by atoms with E-state index in [1.54, 1.807) is 28.4 Å². The lowest BCUT2D eigenvalue weighted by molar-refractivity contribution is -0.162. The molecular formula is C40H72O9Si. The van der Waals surface area contributed by atoms with Crippen LogP contribution in [0.1, 0.15) is 86.1 Å². The number of hydrogen-bond acceptors (Lipinski definition) is 9. The van der Waals surface area contributed by atoms with Gasteiger partial charge in [-0.15, -0.1) is 6.58 Å². The highest BCUT2D eigenvalue weighted by atomic mass is 28.4. The Bertz CT molecular complexity index is 1110. The molecule has 0 spiro atoms. The molecule has 1 unspecified atom stereocenters. The third-order valence-corrected chi connectivity index (χ3v) is 15.8. The van der Waals surface area contributed by atoms with E-state index in [0.717, 1.165) is 37.7 Å². The topological polar surface area (TPSA) is 83.1 Å². The zero-order valence-electron chi connectivity index (χ0n) is 33.9. The first-order valence-electron chi connectivity index (χ1n) is 18.5. The van der Waals surface area contributed by atoms with Crippen LogP contribution in [-0.4, -0.2) is 87.5 Å². The smallest absolute Gasteiger partial charge is 0.192 e. The molecule has 10 atom stereocenters. The quantitative estimate of drug-likeness (QED) is 0.0449. The van der Waals surface area contributed by atoms with Gasteiger partial charge in [-0.05, 0) is 73.3 Å². The standard InChI is InChI=1S/C40H72O9Si/c1-16-17-32(41-9)29(4)36(49-50(14,15)40(6,7)8)24-35(43-11)27(2)18-20-33(30(5)39-28(3)22-38(45-13)48-39)47-26-46-25-31-19-21-34(42-10)37(23-31)44-12/h16,19,21,23,27-30,32-33,35-36,38-39H,1,17-18,20,22,24-26H2,2-15H3/t27-,28+,29+,30-,32-,33+,35-,36-,38?,39+/m0/s1. The normalized spacial score (nSPS) is 22.7. The van der Waals surface area contributed by atoms with Gasteiger partial charge >= 0.3 is 0 Å². The van der Waals surface area contributed by atoms with E-state index in [1.807, 2.05) is 31.4 Å². The van der Waals surface area contributed by atoms with Crippen molar-refractivity contribution >= 4 is 8.32 Å². The van der Waals surface area contributed by atoms with E-state index in [9.17, 15) is 0 Å². The Morgan fingerprint density at radius 1 is 0.920 bits per heavy atom. The molecule has 0 N–H and O–H groups in total. The number of hydrogen-bond donors (Lipinski definition) is 0. The monoisotopic (exact) mass is 724 g/mol. The van der Waals surface area contributed by atoms with Crippen molar-refractivity contribution in [3.63, 3.8) is 0 Å². The van der Waals surface area contributed by atoms with Gasteiger partial charge in [0.25, 0.3) is 0 Å². The van der Waals surface area contributed by atoms with Crippen molar-refractivity contribution < 1.29 is 42.3 Å². The van der Waals surface area contributed by atoms with Gasteiger partial charge < -0.3 is 42.3 Å². The van der Waals surface area contributed by atoms with E-state index in [0.29, 0.717) is 24.0 Å². The molecule has 0 radical (unpaired) electrons. The fraction of sp³-hybridized carbons (Fsp3) is 0.800. The molecule has 1 aliphatic heterocycles. The third kappa shape index (κ3) is 12.9. The van der Waals surface area contributed by atoms with E-state index in [-0.39, 0.29) is 66.4 Å². The summed E-state index contributed by atoms with van der Waals surface area (Å²) in [6.45, 7) is 25.0. The Kier molecular flexibility index (Phi) is 19.0. The van der Waals surface area contributed by atoms with E-state index >= 15 is 0 Å². The largest absolute Gasteiger partial charge is 0.493 e. The molecule has 1 aromatic carbocycles. The molecule has 9 nitrogen and oxygen atoms in total. The Balaban J connectivity index is 2.20. The van der Waals surface area contributed by atoms with Crippen LogP contribution in [0.2, 0.25) is 18.1 Å². The molecule has 0 bridgehead atoms. The van der Waals surface area contributed by atoms with E-state index < -0.39 is 8.32 Å². The Morgan fingerprint density at radius 2 is 1.58 bits per heavy atom. The Labute approximate surface area is 306 Å². The third-order valence-electron chi connectivity index (χ3n) is 11.3. The van der Waals surface area contributed by atoms with Crippen LogP contribution in [0.25, 0.3) is 0 Å². The minimum atomic E-state index is -2.07. The van der Waals surface area contributed by atoms with Gasteiger partial charge in [-0.2, -0.15) is 0 Å². The fourth-order valence-corrected chi connectivity index (χ4v) is 8.25. The number of methoxy groups -OCH3 is 5. The Hall–Kier alpha value is -1.50. The maximum atomic E-state index is 7.13. The lowest BCUT2D eigenvalue weighted by atomic mass is 9.84. The van der Waals surface area contributed by atoms with Gasteiger partial charge in [0.15, 0.2) is 26.1 Å². The molecule has 290 valence electrons. The van der Waals surface area contributed by atoms with Crippen molar-refractivity contribution in [3.05, 3.63) is 36.4 Å². The minimum absolute atomic E-state index is 0.00485. The fourth-order valence-electron chi connectivity index (χ4n) is 6.83. The summed E-state index contributed by atoms with van der Waals surface area (Å²) in [7, 11) is 6.51. The van der Waals surface area contributed by atoms with Gasteiger partial charge in [-0.25, -0.2) is 0 Å². The van der Waals surface area contributed by atoms with Gasteiger partial charge in [-0.3, -0.25) is 0 Å². The predicted molar refractivity (Wildman–Crippen MR) is 203 cm³/mol. The average Bonchev–Trinajstić information content (AvgIpc) is 3.47. The second kappa shape index (κ2) is 21.3. The van der Waals surface area contributed by atoms with E-state index in [2.05, 4.69) is 68.1 Å². The van der Waals surface area contributed by atoms with Crippen LogP contribution in [-0.2, 0) is 39.5 Å². The summed E-state index contributed by atoms with van der Waals surface area (Å²) in [5, 5.41) is 0.0869. The van der Waals surface area contributed by atoms with Crippen molar-refractivity contribution in [3.8, 4) is 11.5 Å². The van der Waals surface area contributed by atoms with Crippen LogP contribution < -0.4 is 9.47 Å². The number of rotatable bonds is 24. The highest BCUT2D eigenvalue weighted by molar-refractivity contribution is 6.74. The first-order valence-corrected chi connectivity index (χ1v) is 21.4. The highest BCUT2D eigenvalue weighted by Crippen LogP contribution is 2.40. The molecule has 1 fully saturated rings. The lowest BCUT2D eigenvalue weighted by Crippen LogP contribution is -2.48. The Morgan fingerprint density at radius 3 is 2.12 bits per heavy atom. The average molecular weight is 725 g/mol. The van der Waals surface area contributed by atoms with Crippen LogP contribution in [0, 0.1) is 23.7 Å². The maximum Gasteiger partial charge on any atom is 0.192 e. The first kappa shape index (κ1) is 44.7. The van der Waals surface area contributed by atoms with Crippen molar-refractivity contribution in [1.82, 2.24) is 0 Å². The molecule has 50 heavy (non-hydrogen) atoms. The summed E-state index contributed by atoms with van der Waals surface area (Å²) >= 11 is 0. The summed E-state index contributed by atoms with van der Waals surface area (Å²) in [6, 6.07) is 5.79. The zero-order chi connectivity index (χ0) is 37.6. The maximum absolute atomic E-state index is 7.13. The summed E-state index contributed by atoms with van der Waals surface area (Å²) < 4.78 is 54.6. The van der Waals surface area contributed by atoms with Gasteiger partial charge in [0, 0.05) is 39.6 Å². The lowest BCUT2D eigenvalue weighted by Gasteiger charge is -2.43. The van der Waals surface area contributed by atoms with Crippen molar-refractivity contribution in [1.29, 1.82) is 0 Å². The summed E-state index contributed by atoms with van der Waals surface area (Å²) in [5.74, 6) is 2.29. The molecule has 10 heteroatoms. The van der Waals surface area contributed by atoms with Crippen LogP contribution in [0.3, 0.4) is 0 Å². The van der Waals surface area contributed by atoms with Gasteiger partial charge in [0.2, 0.25) is 0 Å². The van der Waals surface area contributed by atoms with Crippen LogP contribution >= 0.6 is 0 Å². The predicted octanol–water partition coefficient (Wildman–Crippen LogP) is 9.04. The molecule has 0 aromatic heterocycles. The number of benzene rings is 1. The SMILES string of the molecule is C=CC[C@H](OC)[C@@H](C)[C@H](C[C@H](OC)[C@@H](C)CC[C@@H](OCOCc1ccc(OC)c(OC)c1)[C@H](C)[C@@H]1OC(OC)C[C@H]1C)O[Si](C)(C)C(C)(C)C. The molecule has 1 heterocycles. The van der Waals surface area contributed by atoms with Crippen LogP contribution in [0.4, 0.5) is 0 Å². The second-order valence-electron chi connectivity index (χ2n) is 15.8. The van der Waals surface area contributed by atoms with E-state index in [4.69, 9.17) is 42.3 Å². The van der Waals surface area contributed by atoms with Gasteiger partial charge in [-0.1, -0.05) is 60.6 Å². The van der Waals surface area contributed by atoms with E-state index in [1.165, 1.54) is 0 Å². The van der Waals surface area contributed by atoms with Crippen LogP contribution in [0.15, 0.2) is 30.9 Å². The number of ether oxygens (including phenoxy) is 8. The molecule has 1 saturated heterocycles. The molecular weight excluding hydrogens is 653 g/mol. The summed E-state index contributed by atoms with van der Waals surface area (Å²) in [5.41, 5.74) is 0.982. The van der Waals surface area contributed by atoms with Crippen LogP contribution in [0.5, 0.6) is 11.5 Å².